The van der Waals surface area contributed by atoms with Crippen LogP contribution in [0.2, 0.25) is 0 Å². The molecule has 0 aliphatic carbocycles. The van der Waals surface area contributed by atoms with E-state index in [2.05, 4.69) is 5.43 Å². The van der Waals surface area contributed by atoms with Crippen LogP contribution in [0.3, 0.4) is 0 Å². The van der Waals surface area contributed by atoms with Gasteiger partial charge in [0.1, 0.15) is 11.9 Å². The first kappa shape index (κ1) is 7.84. The van der Waals surface area contributed by atoms with Crippen molar-refractivity contribution < 1.29 is 14.3 Å². The van der Waals surface area contributed by atoms with E-state index in [1.807, 2.05) is 0 Å². The Morgan fingerprint density at radius 2 is 2.64 bits per heavy atom. The molecule has 5 heteroatoms. The molecule has 0 aromatic rings. The first-order valence-electron chi connectivity index (χ1n) is 3.30. The molecule has 0 saturated carbocycles. The van der Waals surface area contributed by atoms with Gasteiger partial charge in [0.2, 0.25) is 0 Å². The molecule has 0 aromatic carbocycles. The zero-order valence-corrected chi connectivity index (χ0v) is 6.04. The van der Waals surface area contributed by atoms with Gasteiger partial charge in [-0.1, -0.05) is 6.92 Å². The molecule has 1 aliphatic rings. The van der Waals surface area contributed by atoms with Crippen molar-refractivity contribution in [2.24, 2.45) is 0 Å². The second-order valence-electron chi connectivity index (χ2n) is 2.23. The summed E-state index contributed by atoms with van der Waals surface area (Å²) in [4.78, 5) is 10.4. The van der Waals surface area contributed by atoms with Crippen LogP contribution in [-0.4, -0.2) is 22.3 Å². The zero-order valence-electron chi connectivity index (χ0n) is 6.04. The molecular formula is C6H9FN2O2. The molecule has 11 heavy (non-hydrogen) atoms. The van der Waals surface area contributed by atoms with Gasteiger partial charge < -0.3 is 5.11 Å². The molecule has 0 saturated heterocycles. The average molecular weight is 160 g/mol. The Morgan fingerprint density at radius 3 is 3.00 bits per heavy atom. The summed E-state index contributed by atoms with van der Waals surface area (Å²) in [7, 11) is 0. The topological polar surface area (TPSA) is 52.6 Å². The molecule has 1 amide bonds. The average Bonchev–Trinajstić information content (AvgIpc) is 2.30. The lowest BCUT2D eigenvalue weighted by atomic mass is 10.2. The molecule has 1 rings (SSSR count). The second kappa shape index (κ2) is 2.77. The minimum atomic E-state index is -1.17. The van der Waals surface area contributed by atoms with Crippen molar-refractivity contribution in [3.05, 3.63) is 12.0 Å². The summed E-state index contributed by atoms with van der Waals surface area (Å²) in [6, 6.07) is -0.660. The van der Waals surface area contributed by atoms with Gasteiger partial charge in [-0.3, -0.25) is 5.43 Å². The van der Waals surface area contributed by atoms with Gasteiger partial charge in [0.25, 0.3) is 0 Å². The van der Waals surface area contributed by atoms with Gasteiger partial charge in [-0.05, 0) is 6.42 Å². The van der Waals surface area contributed by atoms with Crippen LogP contribution >= 0.6 is 0 Å². The molecule has 4 nitrogen and oxygen atoms in total. The predicted molar refractivity (Wildman–Crippen MR) is 36.3 cm³/mol. The molecule has 62 valence electrons. The Kier molecular flexibility index (Phi) is 1.98. The summed E-state index contributed by atoms with van der Waals surface area (Å²) < 4.78 is 12.7. The van der Waals surface area contributed by atoms with Crippen molar-refractivity contribution in [1.82, 2.24) is 10.4 Å². The van der Waals surface area contributed by atoms with Gasteiger partial charge in [-0.2, -0.15) is 0 Å². The monoisotopic (exact) mass is 160 g/mol. The van der Waals surface area contributed by atoms with E-state index in [4.69, 9.17) is 5.11 Å². The number of nitrogens with one attached hydrogen (secondary N) is 1. The minimum Gasteiger partial charge on any atom is -0.464 e. The highest BCUT2D eigenvalue weighted by Crippen LogP contribution is 2.18. The highest BCUT2D eigenvalue weighted by Gasteiger charge is 2.29. The normalized spacial score (nSPS) is 22.9. The number of halogens is 1. The standard InChI is InChI=1S/C6H9FN2O2/c1-2-5-4(7)3-8-9(5)6(10)11/h3,5,8H,2H2,1H3,(H,10,11). The molecule has 1 aliphatic heterocycles. The van der Waals surface area contributed by atoms with Crippen molar-refractivity contribution in [3.8, 4) is 0 Å². The molecule has 0 fully saturated rings. The maximum atomic E-state index is 12.7. The van der Waals surface area contributed by atoms with E-state index in [-0.39, 0.29) is 0 Å². The number of carbonyl (C=O) groups is 1. The summed E-state index contributed by atoms with van der Waals surface area (Å²) in [5.41, 5.74) is 2.30. The van der Waals surface area contributed by atoms with Gasteiger partial charge in [-0.25, -0.2) is 14.2 Å². The molecule has 1 atom stereocenters. The third-order valence-corrected chi connectivity index (χ3v) is 1.56. The van der Waals surface area contributed by atoms with Crippen molar-refractivity contribution in [2.45, 2.75) is 19.4 Å². The SMILES string of the molecule is CCC1C(F)=CNN1C(=O)O. The summed E-state index contributed by atoms with van der Waals surface area (Å²) in [6.07, 6.45) is 0.324. The lowest BCUT2D eigenvalue weighted by molar-refractivity contribution is 0.117. The van der Waals surface area contributed by atoms with E-state index in [1.54, 1.807) is 6.92 Å². The van der Waals surface area contributed by atoms with Crippen molar-refractivity contribution >= 4 is 6.09 Å². The lowest BCUT2D eigenvalue weighted by Gasteiger charge is -2.19. The number of rotatable bonds is 1. The third kappa shape index (κ3) is 1.26. The molecule has 1 heterocycles. The van der Waals surface area contributed by atoms with Crippen LogP contribution in [0.15, 0.2) is 12.0 Å². The Morgan fingerprint density at radius 1 is 2.00 bits per heavy atom. The first-order chi connectivity index (χ1) is 5.16. The van der Waals surface area contributed by atoms with Crippen molar-refractivity contribution in [2.75, 3.05) is 0 Å². The first-order valence-corrected chi connectivity index (χ1v) is 3.30. The largest absolute Gasteiger partial charge is 0.464 e. The highest BCUT2D eigenvalue weighted by molar-refractivity contribution is 5.66. The number of hydrazine groups is 1. The molecule has 0 radical (unpaired) electrons. The van der Waals surface area contributed by atoms with E-state index >= 15 is 0 Å². The van der Waals surface area contributed by atoms with Crippen LogP contribution in [0.4, 0.5) is 9.18 Å². The molecule has 2 N–H and O–H groups in total. The Labute approximate surface area is 63.3 Å². The predicted octanol–water partition coefficient (Wildman–Crippen LogP) is 1.07. The van der Waals surface area contributed by atoms with Gasteiger partial charge in [0.05, 0.1) is 6.20 Å². The molecule has 0 bridgehead atoms. The van der Waals surface area contributed by atoms with E-state index in [9.17, 15) is 9.18 Å². The van der Waals surface area contributed by atoms with Crippen molar-refractivity contribution in [1.29, 1.82) is 0 Å². The van der Waals surface area contributed by atoms with Crippen LogP contribution in [0.25, 0.3) is 0 Å². The van der Waals surface area contributed by atoms with Crippen LogP contribution in [-0.2, 0) is 0 Å². The fraction of sp³-hybridized carbons (Fsp3) is 0.500. The Bertz CT molecular complexity index is 205. The van der Waals surface area contributed by atoms with Crippen LogP contribution in [0.5, 0.6) is 0 Å². The van der Waals surface area contributed by atoms with Gasteiger partial charge in [0.15, 0.2) is 0 Å². The van der Waals surface area contributed by atoms with E-state index in [0.717, 1.165) is 11.2 Å². The smallest absolute Gasteiger partial charge is 0.426 e. The molecule has 0 aromatic heterocycles. The van der Waals surface area contributed by atoms with E-state index in [1.165, 1.54) is 0 Å². The number of hydrogen-bond acceptors (Lipinski definition) is 2. The maximum absolute atomic E-state index is 12.7. The minimum absolute atomic E-state index is 0.432. The van der Waals surface area contributed by atoms with Crippen LogP contribution in [0, 0.1) is 0 Å². The van der Waals surface area contributed by atoms with Gasteiger partial charge in [0, 0.05) is 0 Å². The lowest BCUT2D eigenvalue weighted by Crippen LogP contribution is -2.41. The molecular weight excluding hydrogens is 151 g/mol. The summed E-state index contributed by atoms with van der Waals surface area (Å²) >= 11 is 0. The highest BCUT2D eigenvalue weighted by atomic mass is 19.1. The van der Waals surface area contributed by atoms with Crippen LogP contribution < -0.4 is 5.43 Å². The quantitative estimate of drug-likeness (QED) is 0.603. The maximum Gasteiger partial charge on any atom is 0.426 e. The fourth-order valence-electron chi connectivity index (χ4n) is 1.01. The summed E-state index contributed by atoms with van der Waals surface area (Å²) in [5, 5.41) is 9.34. The summed E-state index contributed by atoms with van der Waals surface area (Å²) in [6.45, 7) is 1.72. The Balaban J connectivity index is 2.68. The number of nitrogens with zero attached hydrogens (tertiary/aromatic N) is 1. The molecule has 0 spiro atoms. The van der Waals surface area contributed by atoms with E-state index < -0.39 is 18.0 Å². The number of amides is 1. The van der Waals surface area contributed by atoms with Crippen molar-refractivity contribution in [3.63, 3.8) is 0 Å². The van der Waals surface area contributed by atoms with Crippen LogP contribution in [0.1, 0.15) is 13.3 Å². The second-order valence-corrected chi connectivity index (χ2v) is 2.23. The van der Waals surface area contributed by atoms with Gasteiger partial charge in [-0.15, -0.1) is 0 Å². The van der Waals surface area contributed by atoms with E-state index in [0.29, 0.717) is 6.42 Å². The zero-order chi connectivity index (χ0) is 8.43. The number of carboxylic acid groups (broad SMARTS) is 1. The summed E-state index contributed by atoms with van der Waals surface area (Å²) in [5.74, 6) is -0.435. The molecule has 1 unspecified atom stereocenters. The third-order valence-electron chi connectivity index (χ3n) is 1.56. The fourth-order valence-corrected chi connectivity index (χ4v) is 1.01. The number of hydrogen-bond donors (Lipinski definition) is 2. The van der Waals surface area contributed by atoms with Gasteiger partial charge >= 0.3 is 6.09 Å². The Hall–Kier alpha value is -1.26.